The molecule has 0 saturated heterocycles. The standard InChI is InChI=1S/3C30H18BN/c1-2-9-19(10-3-1)20-17-18-25-30-28(20)23-12-5-7-15-26(23)32(30)27-16-8-13-22-21-11-4-6-14-24(21)31(25)29(22)27;1-2-9-19(10-3-1)20-12-6-14-23-24-15-7-17-26-30(24)32(29(20)23)27-18-8-13-22-21-11-4-5-16-25(21)31(26)28(22)27;1-2-8-19(9-3-1)20-16-17-22-24-12-6-14-26-30(24)32(28(22)18-20)27-15-7-11-23-21-10-4-5-13-25(21)31(26)29(23)27/h3*1-18H. The van der Waals surface area contributed by atoms with Crippen LogP contribution in [0.15, 0.2) is 328 Å². The number of aromatic nitrogens is 3. The minimum atomic E-state index is 0.293. The van der Waals surface area contributed by atoms with Crippen LogP contribution < -0.4 is 49.2 Å². The summed E-state index contributed by atoms with van der Waals surface area (Å²) in [6.07, 6.45) is 0. The molecule has 0 fully saturated rings. The Bertz CT molecular complexity index is 6370. The number of benzene rings is 15. The molecule has 18 aromatic rings. The molecule has 3 nitrogen and oxygen atoms in total. The van der Waals surface area contributed by atoms with Gasteiger partial charge in [-0.25, -0.2) is 0 Å². The van der Waals surface area contributed by atoms with Gasteiger partial charge in [0.05, 0.1) is 16.6 Å². The van der Waals surface area contributed by atoms with Gasteiger partial charge in [0.2, 0.25) is 20.1 Å². The van der Waals surface area contributed by atoms with Crippen molar-refractivity contribution >= 4 is 135 Å². The third-order valence-corrected chi connectivity index (χ3v) is 22.2. The minimum absolute atomic E-state index is 0.293. The van der Waals surface area contributed by atoms with Gasteiger partial charge in [-0.1, -0.05) is 314 Å². The number of fused-ring (bicyclic) bond motifs is 24. The molecule has 0 radical (unpaired) electrons. The molecule has 6 aliphatic heterocycles. The van der Waals surface area contributed by atoms with Crippen LogP contribution >= 0.6 is 0 Å². The van der Waals surface area contributed by atoms with Gasteiger partial charge >= 0.3 is 0 Å². The molecule has 0 saturated carbocycles. The van der Waals surface area contributed by atoms with Gasteiger partial charge in [-0.05, 0) is 124 Å². The van der Waals surface area contributed by atoms with E-state index in [0.717, 1.165) is 0 Å². The average molecular weight is 1210 g/mol. The predicted molar refractivity (Wildman–Crippen MR) is 409 cm³/mol. The van der Waals surface area contributed by atoms with Crippen molar-refractivity contribution in [2.75, 3.05) is 0 Å². The molecule has 0 N–H and O–H groups in total. The molecular weight excluding hydrogens is 1160 g/mol. The molecule has 0 amide bonds. The number of hydrogen-bond donors (Lipinski definition) is 0. The first kappa shape index (κ1) is 52.4. The van der Waals surface area contributed by atoms with Gasteiger partial charge < -0.3 is 13.7 Å². The average Bonchev–Trinajstić information content (AvgIpc) is 1.53. The summed E-state index contributed by atoms with van der Waals surface area (Å²) < 4.78 is 7.59. The summed E-state index contributed by atoms with van der Waals surface area (Å²) in [7, 11) is 0. The molecule has 438 valence electrons. The van der Waals surface area contributed by atoms with Crippen LogP contribution in [0.5, 0.6) is 0 Å². The summed E-state index contributed by atoms with van der Waals surface area (Å²) >= 11 is 0. The molecule has 0 aliphatic carbocycles. The zero-order chi connectivity index (χ0) is 62.4. The van der Waals surface area contributed by atoms with Crippen LogP contribution in [0.4, 0.5) is 0 Å². The lowest BCUT2D eigenvalue weighted by atomic mass is 9.37. The Labute approximate surface area is 556 Å². The number of rotatable bonds is 3. The van der Waals surface area contributed by atoms with Crippen LogP contribution in [-0.2, 0) is 0 Å². The molecule has 0 spiro atoms. The fourth-order valence-corrected chi connectivity index (χ4v) is 18.6. The Hall–Kier alpha value is -12.1. The summed E-state index contributed by atoms with van der Waals surface area (Å²) in [6.45, 7) is 0.908. The molecule has 96 heavy (non-hydrogen) atoms. The lowest BCUT2D eigenvalue weighted by Crippen LogP contribution is -2.53. The van der Waals surface area contributed by atoms with Crippen molar-refractivity contribution in [1.29, 1.82) is 0 Å². The zero-order valence-corrected chi connectivity index (χ0v) is 52.3. The Kier molecular flexibility index (Phi) is 10.8. The highest BCUT2D eigenvalue weighted by molar-refractivity contribution is 7.03. The maximum absolute atomic E-state index is 2.55. The third kappa shape index (κ3) is 6.94. The van der Waals surface area contributed by atoms with Crippen molar-refractivity contribution in [3.05, 3.63) is 328 Å². The highest BCUT2D eigenvalue weighted by atomic mass is 15.0. The highest BCUT2D eigenvalue weighted by Gasteiger charge is 2.44. The van der Waals surface area contributed by atoms with E-state index in [2.05, 4.69) is 341 Å². The Morgan fingerprint density at radius 3 is 1.15 bits per heavy atom. The summed E-state index contributed by atoms with van der Waals surface area (Å²) in [5.41, 5.74) is 40.8. The third-order valence-electron chi connectivity index (χ3n) is 22.2. The SMILES string of the molecule is c1ccc(-c2ccc3c4c2c2ccccc2n4-c2cccc4c2B3c2ccccc2-4)cc1.c1ccc(-c2ccc3c4cccc5c4n(c3c2)-c2cccc3c2B5c2ccccc2-3)cc1.c1ccc(-c2cccc3c4cccc5c4n(c23)-c2cccc3c2B5c2ccccc2-3)cc1. The number of nitrogens with zero attached hydrogens (tertiary/aromatic N) is 3. The largest absolute Gasteiger partial charge is 0.310 e. The van der Waals surface area contributed by atoms with Crippen molar-refractivity contribution in [2.45, 2.75) is 0 Å². The molecule has 6 heteroatoms. The fourth-order valence-electron chi connectivity index (χ4n) is 18.6. The second-order valence-electron chi connectivity index (χ2n) is 26.7. The normalized spacial score (nSPS) is 12.9. The van der Waals surface area contributed by atoms with Crippen LogP contribution in [-0.4, -0.2) is 33.8 Å². The molecule has 3 aromatic heterocycles. The van der Waals surface area contributed by atoms with E-state index in [1.165, 1.54) is 198 Å². The van der Waals surface area contributed by atoms with Gasteiger partial charge in [-0.3, -0.25) is 0 Å². The van der Waals surface area contributed by atoms with Gasteiger partial charge in [0.1, 0.15) is 0 Å². The first-order valence-corrected chi connectivity index (χ1v) is 33.8. The van der Waals surface area contributed by atoms with Crippen LogP contribution in [0, 0.1) is 0 Å². The van der Waals surface area contributed by atoms with E-state index in [4.69, 9.17) is 0 Å². The molecular formula is C90H54B3N3. The lowest BCUT2D eigenvalue weighted by Gasteiger charge is -2.25. The van der Waals surface area contributed by atoms with Crippen molar-refractivity contribution in [3.8, 4) is 83.8 Å². The van der Waals surface area contributed by atoms with E-state index >= 15 is 0 Å². The van der Waals surface area contributed by atoms with Crippen LogP contribution in [0.3, 0.4) is 0 Å². The summed E-state index contributed by atoms with van der Waals surface area (Å²) in [5.74, 6) is 0. The molecule has 0 unspecified atom stereocenters. The maximum atomic E-state index is 2.55. The summed E-state index contributed by atoms with van der Waals surface area (Å²) in [6, 6.07) is 121. The van der Waals surface area contributed by atoms with E-state index in [1.807, 2.05) is 0 Å². The van der Waals surface area contributed by atoms with Crippen molar-refractivity contribution < 1.29 is 0 Å². The fraction of sp³-hybridized carbons (Fsp3) is 0. The molecule has 15 aromatic carbocycles. The number of para-hydroxylation sites is 4. The van der Waals surface area contributed by atoms with E-state index in [-0.39, 0.29) is 0 Å². The Morgan fingerprint density at radius 1 is 0.188 bits per heavy atom. The summed E-state index contributed by atoms with van der Waals surface area (Å²) in [5, 5.41) is 8.04. The van der Waals surface area contributed by atoms with E-state index in [0.29, 0.717) is 20.1 Å². The monoisotopic (exact) mass is 1210 g/mol. The first-order valence-electron chi connectivity index (χ1n) is 33.8. The Balaban J connectivity index is 0.0000000930. The van der Waals surface area contributed by atoms with Crippen LogP contribution in [0.25, 0.3) is 149 Å². The zero-order valence-electron chi connectivity index (χ0n) is 52.3. The molecule has 6 aliphatic rings. The maximum Gasteiger partial charge on any atom is 0.248 e. The van der Waals surface area contributed by atoms with Gasteiger partial charge in [0.25, 0.3) is 0 Å². The van der Waals surface area contributed by atoms with Crippen LogP contribution in [0.1, 0.15) is 0 Å². The van der Waals surface area contributed by atoms with Crippen molar-refractivity contribution in [2.24, 2.45) is 0 Å². The van der Waals surface area contributed by atoms with E-state index < -0.39 is 0 Å². The second kappa shape index (κ2) is 19.7. The minimum Gasteiger partial charge on any atom is -0.310 e. The van der Waals surface area contributed by atoms with Crippen molar-refractivity contribution in [3.63, 3.8) is 0 Å². The van der Waals surface area contributed by atoms with Gasteiger partial charge in [-0.15, -0.1) is 0 Å². The molecule has 24 rings (SSSR count). The molecule has 0 atom stereocenters. The van der Waals surface area contributed by atoms with Gasteiger partial charge in [0.15, 0.2) is 0 Å². The summed E-state index contributed by atoms with van der Waals surface area (Å²) in [4.78, 5) is 0. The van der Waals surface area contributed by atoms with E-state index in [1.54, 1.807) is 0 Å². The number of hydrogen-bond acceptors (Lipinski definition) is 0. The Morgan fingerprint density at radius 2 is 0.573 bits per heavy atom. The van der Waals surface area contributed by atoms with Crippen LogP contribution in [0.2, 0.25) is 0 Å². The highest BCUT2D eigenvalue weighted by Crippen LogP contribution is 2.45. The van der Waals surface area contributed by atoms with Gasteiger partial charge in [0, 0.05) is 71.5 Å². The topological polar surface area (TPSA) is 14.8 Å². The second-order valence-corrected chi connectivity index (χ2v) is 26.7. The quantitative estimate of drug-likeness (QED) is 0.157. The first-order chi connectivity index (χ1) is 47.7. The lowest BCUT2D eigenvalue weighted by molar-refractivity contribution is 1.19. The van der Waals surface area contributed by atoms with Crippen molar-refractivity contribution in [1.82, 2.24) is 13.7 Å². The molecule has 0 bridgehead atoms. The van der Waals surface area contributed by atoms with E-state index in [9.17, 15) is 0 Å². The smallest absolute Gasteiger partial charge is 0.248 e. The molecule has 9 heterocycles. The predicted octanol–water partition coefficient (Wildman–Crippen LogP) is 15.8. The van der Waals surface area contributed by atoms with Gasteiger partial charge in [-0.2, -0.15) is 0 Å².